The fraction of sp³-hybridized carbons (Fsp3) is 0. The zero-order valence-electron chi connectivity index (χ0n) is 5.27. The van der Waals surface area contributed by atoms with Gasteiger partial charge in [-0.25, -0.2) is 0 Å². The summed E-state index contributed by atoms with van der Waals surface area (Å²) in [5.74, 6) is 0.554. The van der Waals surface area contributed by atoms with Crippen molar-refractivity contribution in [1.29, 1.82) is 10.5 Å². The maximum absolute atomic E-state index is 8.12. The molecule has 0 saturated heterocycles. The summed E-state index contributed by atoms with van der Waals surface area (Å²) in [7, 11) is 0. The molecule has 5 heteroatoms. The Morgan fingerprint density at radius 2 is 1.55 bits per heavy atom. The molecule has 1 aromatic rings. The molecule has 0 aliphatic rings. The molecular formula is C6H2N2O2S. The molecular weight excluding hydrogens is 164 g/mol. The molecule has 11 heavy (non-hydrogen) atoms. The van der Waals surface area contributed by atoms with Gasteiger partial charge in [-0.1, -0.05) is 0 Å². The number of ether oxygens (including phenoxy) is 2. The van der Waals surface area contributed by atoms with Gasteiger partial charge in [0.1, 0.15) is 0 Å². The van der Waals surface area contributed by atoms with E-state index in [1.807, 2.05) is 0 Å². The van der Waals surface area contributed by atoms with Crippen LogP contribution in [0.2, 0.25) is 0 Å². The van der Waals surface area contributed by atoms with E-state index in [9.17, 15) is 0 Å². The molecule has 0 spiro atoms. The first-order valence-electron chi connectivity index (χ1n) is 2.56. The van der Waals surface area contributed by atoms with E-state index in [1.54, 1.807) is 10.8 Å². The highest BCUT2D eigenvalue weighted by molar-refractivity contribution is 7.08. The monoisotopic (exact) mass is 166 g/mol. The van der Waals surface area contributed by atoms with Crippen molar-refractivity contribution in [2.24, 2.45) is 0 Å². The van der Waals surface area contributed by atoms with Crippen LogP contribution in [0.15, 0.2) is 10.8 Å². The number of hydrogen-bond donors (Lipinski definition) is 0. The molecule has 0 bridgehead atoms. The van der Waals surface area contributed by atoms with Crippen molar-refractivity contribution in [3.05, 3.63) is 10.8 Å². The van der Waals surface area contributed by atoms with Crippen LogP contribution >= 0.6 is 11.3 Å². The third kappa shape index (κ3) is 1.60. The maximum Gasteiger partial charge on any atom is 0.292 e. The van der Waals surface area contributed by atoms with Gasteiger partial charge >= 0.3 is 0 Å². The van der Waals surface area contributed by atoms with Crippen LogP contribution in [0.25, 0.3) is 0 Å². The minimum absolute atomic E-state index is 0.277. The molecule has 0 radical (unpaired) electrons. The third-order valence-corrected chi connectivity index (χ3v) is 1.60. The Hall–Kier alpha value is -1.72. The molecule has 0 amide bonds. The van der Waals surface area contributed by atoms with Crippen LogP contribution in [0.5, 0.6) is 11.5 Å². The van der Waals surface area contributed by atoms with Gasteiger partial charge in [0.05, 0.1) is 0 Å². The second kappa shape index (κ2) is 3.45. The summed E-state index contributed by atoms with van der Waals surface area (Å²) in [5.41, 5.74) is 0. The highest BCUT2D eigenvalue weighted by Crippen LogP contribution is 2.30. The van der Waals surface area contributed by atoms with E-state index in [0.717, 1.165) is 0 Å². The van der Waals surface area contributed by atoms with E-state index in [2.05, 4.69) is 9.47 Å². The Labute approximate surface area is 66.8 Å². The molecule has 0 aliphatic carbocycles. The Bertz CT molecular complexity index is 290. The van der Waals surface area contributed by atoms with Crippen LogP contribution in [-0.4, -0.2) is 0 Å². The van der Waals surface area contributed by atoms with Crippen molar-refractivity contribution in [2.45, 2.75) is 0 Å². The summed E-state index contributed by atoms with van der Waals surface area (Å²) in [4.78, 5) is 0. The normalized spacial score (nSPS) is 7.82. The molecule has 4 nitrogen and oxygen atoms in total. The van der Waals surface area contributed by atoms with Crippen LogP contribution in [-0.2, 0) is 0 Å². The molecule has 0 aromatic carbocycles. The number of rotatable bonds is 2. The van der Waals surface area contributed by atoms with Crippen LogP contribution in [0, 0.1) is 23.0 Å². The molecule has 0 fully saturated rings. The van der Waals surface area contributed by atoms with E-state index < -0.39 is 0 Å². The molecule has 0 N–H and O–H groups in total. The van der Waals surface area contributed by atoms with E-state index >= 15 is 0 Å². The summed E-state index contributed by atoms with van der Waals surface area (Å²) in [6.45, 7) is 0. The minimum atomic E-state index is 0.277. The summed E-state index contributed by atoms with van der Waals surface area (Å²) >= 11 is 1.29. The van der Waals surface area contributed by atoms with Crippen LogP contribution in [0.3, 0.4) is 0 Å². The lowest BCUT2D eigenvalue weighted by Crippen LogP contribution is -1.84. The number of hydrogen-bond acceptors (Lipinski definition) is 5. The SMILES string of the molecule is N#COc1cscc1OC#N. The predicted octanol–water partition coefficient (Wildman–Crippen LogP) is 1.47. The third-order valence-electron chi connectivity index (χ3n) is 0.904. The standard InChI is InChI=1S/C6H2N2O2S/c7-3-9-5-1-11-2-6(5)10-4-8/h1-2H. The van der Waals surface area contributed by atoms with Gasteiger partial charge in [-0.2, -0.15) is 0 Å². The average Bonchev–Trinajstić information content (AvgIpc) is 2.39. The fourth-order valence-electron chi connectivity index (χ4n) is 0.521. The van der Waals surface area contributed by atoms with Gasteiger partial charge in [0.25, 0.3) is 12.5 Å². The molecule has 0 aliphatic heterocycles. The van der Waals surface area contributed by atoms with Crippen molar-refractivity contribution in [3.63, 3.8) is 0 Å². The molecule has 0 unspecified atom stereocenters. The molecule has 0 atom stereocenters. The van der Waals surface area contributed by atoms with Gasteiger partial charge < -0.3 is 9.47 Å². The van der Waals surface area contributed by atoms with E-state index in [1.165, 1.54) is 23.8 Å². The largest absolute Gasteiger partial charge is 0.383 e. The van der Waals surface area contributed by atoms with Crippen molar-refractivity contribution in [2.75, 3.05) is 0 Å². The molecule has 1 aromatic heterocycles. The van der Waals surface area contributed by atoms with Crippen molar-refractivity contribution in [1.82, 2.24) is 0 Å². The summed E-state index contributed by atoms with van der Waals surface area (Å²) < 4.78 is 8.94. The van der Waals surface area contributed by atoms with Gasteiger partial charge in [-0.3, -0.25) is 0 Å². The van der Waals surface area contributed by atoms with Gasteiger partial charge in [0, 0.05) is 10.8 Å². The first-order valence-corrected chi connectivity index (χ1v) is 3.51. The lowest BCUT2D eigenvalue weighted by atomic mass is 10.5. The molecule has 0 saturated carbocycles. The second-order valence-corrected chi connectivity index (χ2v) is 2.23. The number of nitriles is 2. The van der Waals surface area contributed by atoms with E-state index in [0.29, 0.717) is 0 Å². The maximum atomic E-state index is 8.12. The Morgan fingerprint density at radius 3 is 1.91 bits per heavy atom. The summed E-state index contributed by atoms with van der Waals surface area (Å²) in [6, 6.07) is 0. The number of nitrogens with zero attached hydrogens (tertiary/aromatic N) is 2. The zero-order valence-corrected chi connectivity index (χ0v) is 6.09. The summed E-state index contributed by atoms with van der Waals surface area (Å²) in [6.07, 6.45) is 2.97. The molecule has 54 valence electrons. The highest BCUT2D eigenvalue weighted by atomic mass is 32.1. The topological polar surface area (TPSA) is 66.0 Å². The fourth-order valence-corrected chi connectivity index (χ4v) is 1.16. The molecule has 1 rings (SSSR count). The van der Waals surface area contributed by atoms with Gasteiger partial charge in [0.2, 0.25) is 0 Å². The smallest absolute Gasteiger partial charge is 0.292 e. The quantitative estimate of drug-likeness (QED) is 0.624. The number of thiophene rings is 1. The highest BCUT2D eigenvalue weighted by Gasteiger charge is 2.05. The van der Waals surface area contributed by atoms with Crippen molar-refractivity contribution >= 4 is 11.3 Å². The Morgan fingerprint density at radius 1 is 1.09 bits per heavy atom. The van der Waals surface area contributed by atoms with Crippen LogP contribution in [0.1, 0.15) is 0 Å². The predicted molar refractivity (Wildman–Crippen MR) is 36.8 cm³/mol. The Balaban J connectivity index is 2.82. The van der Waals surface area contributed by atoms with Crippen molar-refractivity contribution in [3.8, 4) is 24.0 Å². The molecule has 1 heterocycles. The minimum Gasteiger partial charge on any atom is -0.383 e. The van der Waals surface area contributed by atoms with E-state index in [4.69, 9.17) is 10.5 Å². The Kier molecular flexibility index (Phi) is 2.32. The van der Waals surface area contributed by atoms with Crippen LogP contribution in [0.4, 0.5) is 0 Å². The van der Waals surface area contributed by atoms with Gasteiger partial charge in [0.15, 0.2) is 11.5 Å². The second-order valence-electron chi connectivity index (χ2n) is 1.49. The summed E-state index contributed by atoms with van der Waals surface area (Å²) in [5, 5.41) is 19.4. The average molecular weight is 166 g/mol. The van der Waals surface area contributed by atoms with Gasteiger partial charge in [-0.05, 0) is 0 Å². The first kappa shape index (κ1) is 7.39. The van der Waals surface area contributed by atoms with Crippen molar-refractivity contribution < 1.29 is 9.47 Å². The lowest BCUT2D eigenvalue weighted by molar-refractivity contribution is 0.445. The van der Waals surface area contributed by atoms with E-state index in [-0.39, 0.29) is 11.5 Å². The van der Waals surface area contributed by atoms with Crippen LogP contribution < -0.4 is 9.47 Å². The first-order chi connectivity index (χ1) is 5.38. The zero-order chi connectivity index (χ0) is 8.10. The lowest BCUT2D eigenvalue weighted by Gasteiger charge is -1.92. The van der Waals surface area contributed by atoms with Gasteiger partial charge in [-0.15, -0.1) is 21.9 Å².